The highest BCUT2D eigenvalue weighted by Crippen LogP contribution is 2.28. The third-order valence-corrected chi connectivity index (χ3v) is 3.26. The van der Waals surface area contributed by atoms with Crippen LogP contribution in [0.25, 0.3) is 10.4 Å². The molecule has 0 heterocycles. The highest BCUT2D eigenvalue weighted by molar-refractivity contribution is 5.32. The van der Waals surface area contributed by atoms with Crippen molar-refractivity contribution in [1.29, 1.82) is 0 Å². The van der Waals surface area contributed by atoms with Gasteiger partial charge in [0.1, 0.15) is 5.75 Å². The van der Waals surface area contributed by atoms with Crippen molar-refractivity contribution >= 4 is 0 Å². The summed E-state index contributed by atoms with van der Waals surface area (Å²) in [6.07, 6.45) is 1.52. The third-order valence-electron chi connectivity index (χ3n) is 3.26. The molecule has 104 valence electrons. The Morgan fingerprint density at radius 1 is 1.47 bits per heavy atom. The predicted octanol–water partition coefficient (Wildman–Crippen LogP) is 3.77. The number of nitrogens with zero attached hydrogens (tertiary/aromatic N) is 3. The predicted molar refractivity (Wildman–Crippen MR) is 75.0 cm³/mol. The Bertz CT molecular complexity index is 458. The maximum absolute atomic E-state index is 10.5. The van der Waals surface area contributed by atoms with Crippen molar-refractivity contribution in [3.05, 3.63) is 40.3 Å². The molecule has 5 nitrogen and oxygen atoms in total. The Hall–Kier alpha value is -1.71. The van der Waals surface area contributed by atoms with Crippen LogP contribution in [0.5, 0.6) is 5.75 Å². The molecule has 0 bridgehead atoms. The lowest BCUT2D eigenvalue weighted by atomic mass is 9.91. The van der Waals surface area contributed by atoms with E-state index in [0.29, 0.717) is 12.0 Å². The van der Waals surface area contributed by atoms with Crippen LogP contribution in [0.4, 0.5) is 0 Å². The van der Waals surface area contributed by atoms with Crippen LogP contribution in [0.1, 0.15) is 39.2 Å². The van der Waals surface area contributed by atoms with Crippen molar-refractivity contribution in [2.24, 2.45) is 5.11 Å². The molecular weight excluding hydrogens is 242 g/mol. The zero-order valence-electron chi connectivity index (χ0n) is 11.7. The van der Waals surface area contributed by atoms with Gasteiger partial charge in [-0.1, -0.05) is 31.1 Å². The monoisotopic (exact) mass is 263 g/mol. The maximum Gasteiger partial charge on any atom is 0.120 e. The van der Waals surface area contributed by atoms with Gasteiger partial charge in [0.25, 0.3) is 0 Å². The fourth-order valence-electron chi connectivity index (χ4n) is 1.73. The number of hydrogen-bond donors (Lipinski definition) is 1. The van der Waals surface area contributed by atoms with E-state index in [9.17, 15) is 5.11 Å². The summed E-state index contributed by atoms with van der Waals surface area (Å²) in [6.45, 7) is 5.93. The zero-order chi connectivity index (χ0) is 14.3. The summed E-state index contributed by atoms with van der Waals surface area (Å²) in [4.78, 5) is 2.71. The van der Waals surface area contributed by atoms with Gasteiger partial charge in [-0.2, -0.15) is 0 Å². The van der Waals surface area contributed by atoms with Crippen LogP contribution in [0, 0.1) is 0 Å². The fraction of sp³-hybridized carbons (Fsp3) is 0.571. The van der Waals surface area contributed by atoms with Crippen molar-refractivity contribution in [2.45, 2.75) is 45.3 Å². The van der Waals surface area contributed by atoms with E-state index >= 15 is 0 Å². The van der Waals surface area contributed by atoms with Crippen molar-refractivity contribution in [3.63, 3.8) is 0 Å². The molecule has 0 spiro atoms. The number of aliphatic hydroxyl groups is 1. The quantitative estimate of drug-likeness (QED) is 0.461. The topological polar surface area (TPSA) is 78.2 Å². The summed E-state index contributed by atoms with van der Waals surface area (Å²) < 4.78 is 5.73. The molecule has 0 unspecified atom stereocenters. The van der Waals surface area contributed by atoms with E-state index in [4.69, 9.17) is 10.3 Å². The molecule has 1 aromatic rings. The number of hydrogen-bond acceptors (Lipinski definition) is 3. The first-order valence-electron chi connectivity index (χ1n) is 6.56. The van der Waals surface area contributed by atoms with Crippen LogP contribution < -0.4 is 4.74 Å². The van der Waals surface area contributed by atoms with Crippen LogP contribution in [0.3, 0.4) is 0 Å². The second-order valence-electron chi connectivity index (χ2n) is 4.64. The molecule has 0 aromatic heterocycles. The lowest BCUT2D eigenvalue weighted by Gasteiger charge is -2.26. The Morgan fingerprint density at radius 2 is 2.21 bits per heavy atom. The SMILES string of the molecule is CC[C@@H](C)Oc1cccc([C@@](O)(CC)CN=[N+]=[N-])c1. The first-order chi connectivity index (χ1) is 9.05. The number of benzene rings is 1. The summed E-state index contributed by atoms with van der Waals surface area (Å²) in [7, 11) is 0. The zero-order valence-corrected chi connectivity index (χ0v) is 11.7. The molecule has 0 radical (unpaired) electrons. The number of ether oxygens (including phenoxy) is 1. The Morgan fingerprint density at radius 3 is 2.79 bits per heavy atom. The van der Waals surface area contributed by atoms with Gasteiger partial charge in [-0.05, 0) is 43.0 Å². The van der Waals surface area contributed by atoms with E-state index in [1.807, 2.05) is 38.1 Å². The van der Waals surface area contributed by atoms with E-state index in [-0.39, 0.29) is 12.6 Å². The van der Waals surface area contributed by atoms with Crippen molar-refractivity contribution < 1.29 is 9.84 Å². The fourth-order valence-corrected chi connectivity index (χ4v) is 1.73. The minimum atomic E-state index is -1.14. The lowest BCUT2D eigenvalue weighted by molar-refractivity contribution is 0.0416. The summed E-state index contributed by atoms with van der Waals surface area (Å²) in [5.41, 5.74) is 7.97. The minimum Gasteiger partial charge on any atom is -0.491 e. The molecule has 0 saturated carbocycles. The molecular formula is C14H21N3O2. The van der Waals surface area contributed by atoms with Gasteiger partial charge in [-0.25, -0.2) is 0 Å². The summed E-state index contributed by atoms with van der Waals surface area (Å²) in [6, 6.07) is 7.32. The molecule has 2 atom stereocenters. The summed E-state index contributed by atoms with van der Waals surface area (Å²) >= 11 is 0. The molecule has 19 heavy (non-hydrogen) atoms. The van der Waals surface area contributed by atoms with E-state index in [1.54, 1.807) is 0 Å². The highest BCUT2D eigenvalue weighted by Gasteiger charge is 2.26. The van der Waals surface area contributed by atoms with Crippen LogP contribution in [0.2, 0.25) is 0 Å². The van der Waals surface area contributed by atoms with Crippen LogP contribution in [-0.4, -0.2) is 17.8 Å². The van der Waals surface area contributed by atoms with Gasteiger partial charge in [-0.15, -0.1) is 0 Å². The number of rotatable bonds is 7. The molecule has 5 heteroatoms. The van der Waals surface area contributed by atoms with Crippen LogP contribution in [0.15, 0.2) is 29.4 Å². The Labute approximate surface area is 113 Å². The molecule has 1 rings (SSSR count). The number of azide groups is 1. The molecule has 0 aliphatic rings. The third kappa shape index (κ3) is 4.16. The van der Waals surface area contributed by atoms with Gasteiger partial charge in [0, 0.05) is 4.91 Å². The molecule has 0 saturated heterocycles. The second-order valence-corrected chi connectivity index (χ2v) is 4.64. The van der Waals surface area contributed by atoms with Gasteiger partial charge in [0.2, 0.25) is 0 Å². The van der Waals surface area contributed by atoms with E-state index < -0.39 is 5.60 Å². The van der Waals surface area contributed by atoms with Crippen molar-refractivity contribution in [3.8, 4) is 5.75 Å². The van der Waals surface area contributed by atoms with Crippen molar-refractivity contribution in [2.75, 3.05) is 6.54 Å². The van der Waals surface area contributed by atoms with E-state index in [2.05, 4.69) is 16.9 Å². The van der Waals surface area contributed by atoms with Crippen LogP contribution >= 0.6 is 0 Å². The average Bonchev–Trinajstić information content (AvgIpc) is 2.44. The normalized spacial score (nSPS) is 15.2. The molecule has 1 aromatic carbocycles. The van der Waals surface area contributed by atoms with E-state index in [1.165, 1.54) is 0 Å². The van der Waals surface area contributed by atoms with Gasteiger partial charge in [0.15, 0.2) is 0 Å². The molecule has 0 aliphatic carbocycles. The molecule has 0 aliphatic heterocycles. The van der Waals surface area contributed by atoms with Gasteiger partial charge >= 0.3 is 0 Å². The Balaban J connectivity index is 2.98. The first kappa shape index (κ1) is 15.3. The van der Waals surface area contributed by atoms with Crippen LogP contribution in [-0.2, 0) is 5.60 Å². The molecule has 0 fully saturated rings. The summed E-state index contributed by atoms with van der Waals surface area (Å²) in [5, 5.41) is 14.0. The average molecular weight is 263 g/mol. The Kier molecular flexibility index (Phi) is 5.67. The highest BCUT2D eigenvalue weighted by atomic mass is 16.5. The molecule has 0 amide bonds. The standard InChI is InChI=1S/C14H21N3O2/c1-4-11(3)19-13-8-6-7-12(9-13)14(18,5-2)10-16-17-15/h6-9,11,18H,4-5,10H2,1-3H3/t11-,14-/m1/s1. The van der Waals surface area contributed by atoms with Gasteiger partial charge < -0.3 is 9.84 Å². The minimum absolute atomic E-state index is 0.0206. The first-order valence-corrected chi connectivity index (χ1v) is 6.56. The maximum atomic E-state index is 10.5. The lowest BCUT2D eigenvalue weighted by Crippen LogP contribution is -2.28. The van der Waals surface area contributed by atoms with Crippen molar-refractivity contribution in [1.82, 2.24) is 0 Å². The van der Waals surface area contributed by atoms with Gasteiger partial charge in [0.05, 0.1) is 18.2 Å². The molecule has 1 N–H and O–H groups in total. The largest absolute Gasteiger partial charge is 0.491 e. The van der Waals surface area contributed by atoms with Gasteiger partial charge in [-0.3, -0.25) is 0 Å². The smallest absolute Gasteiger partial charge is 0.120 e. The summed E-state index contributed by atoms with van der Waals surface area (Å²) in [5.74, 6) is 0.722. The second kappa shape index (κ2) is 7.02. The van der Waals surface area contributed by atoms with E-state index in [0.717, 1.165) is 12.2 Å².